The van der Waals surface area contributed by atoms with E-state index >= 15 is 0 Å². The quantitative estimate of drug-likeness (QED) is 0.584. The Morgan fingerprint density at radius 3 is 2.24 bits per heavy atom. The van der Waals surface area contributed by atoms with Crippen molar-refractivity contribution in [1.82, 2.24) is 0 Å². The zero-order valence-corrected chi connectivity index (χ0v) is 14.4. The van der Waals surface area contributed by atoms with E-state index in [1.807, 2.05) is 60.7 Å². The number of para-hydroxylation sites is 2. The molecule has 0 bridgehead atoms. The molecular formula is C19H20O5S. The molecule has 1 N–H and O–H groups in total. The lowest BCUT2D eigenvalue weighted by Crippen LogP contribution is -2.39. The predicted molar refractivity (Wildman–Crippen MR) is 97.1 cm³/mol. The number of benzene rings is 2. The van der Waals surface area contributed by atoms with Crippen LogP contribution >= 0.6 is 12.6 Å². The highest BCUT2D eigenvalue weighted by Crippen LogP contribution is 2.31. The zero-order chi connectivity index (χ0) is 17.5. The van der Waals surface area contributed by atoms with E-state index in [4.69, 9.17) is 24.1 Å². The molecule has 1 aliphatic heterocycles. The Morgan fingerprint density at radius 1 is 0.960 bits per heavy atom. The molecule has 1 heterocycles. The Kier molecular flexibility index (Phi) is 6.09. The smallest absolute Gasteiger partial charge is 0.173 e. The van der Waals surface area contributed by atoms with Gasteiger partial charge in [0.25, 0.3) is 0 Å². The van der Waals surface area contributed by atoms with Gasteiger partial charge in [0, 0.05) is 0 Å². The molecule has 5 nitrogen and oxygen atoms in total. The molecule has 0 aliphatic carbocycles. The summed E-state index contributed by atoms with van der Waals surface area (Å²) >= 11 is 4.47. The highest BCUT2D eigenvalue weighted by atomic mass is 32.1. The maximum atomic E-state index is 8.93. The van der Waals surface area contributed by atoms with Crippen LogP contribution in [0.15, 0.2) is 73.2 Å². The standard InChI is InChI=1S/C19H20O5S/c20-11-12-21-17-16(13-22-14-7-3-1-4-8-14)24-19(25)18(17)23-15-9-5-2-6-10-15/h1-12,16-20,25H,13H2. The molecule has 1 saturated heterocycles. The largest absolute Gasteiger partial charge is 0.512 e. The van der Waals surface area contributed by atoms with Crippen LogP contribution in [0, 0.1) is 0 Å². The Labute approximate surface area is 152 Å². The van der Waals surface area contributed by atoms with Crippen LogP contribution in [0.1, 0.15) is 0 Å². The highest BCUT2D eigenvalue weighted by Gasteiger charge is 2.46. The molecule has 132 valence electrons. The molecule has 0 aromatic heterocycles. The minimum atomic E-state index is -0.485. The van der Waals surface area contributed by atoms with Crippen LogP contribution in [0.2, 0.25) is 0 Å². The maximum absolute atomic E-state index is 8.93. The summed E-state index contributed by atoms with van der Waals surface area (Å²) in [4.78, 5) is 0. The lowest BCUT2D eigenvalue weighted by Gasteiger charge is -2.23. The Bertz CT molecular complexity index is 664. The zero-order valence-electron chi connectivity index (χ0n) is 13.5. The van der Waals surface area contributed by atoms with Gasteiger partial charge in [0.2, 0.25) is 0 Å². The van der Waals surface area contributed by atoms with Crippen molar-refractivity contribution in [2.45, 2.75) is 23.7 Å². The summed E-state index contributed by atoms with van der Waals surface area (Å²) in [5, 5.41) is 8.93. The SMILES string of the molecule is OC=COC1C(COc2ccccc2)OC(S)C1Oc1ccccc1. The molecule has 2 aromatic rings. The molecule has 0 spiro atoms. The first-order valence-electron chi connectivity index (χ1n) is 7.95. The fourth-order valence-corrected chi connectivity index (χ4v) is 3.00. The normalized spacial score (nSPS) is 25.8. The van der Waals surface area contributed by atoms with E-state index < -0.39 is 23.7 Å². The Morgan fingerprint density at radius 2 is 1.60 bits per heavy atom. The lowest BCUT2D eigenvalue weighted by molar-refractivity contribution is -0.00856. The number of aliphatic hydroxyl groups excluding tert-OH is 1. The molecule has 2 aromatic carbocycles. The molecule has 25 heavy (non-hydrogen) atoms. The molecule has 3 rings (SSSR count). The van der Waals surface area contributed by atoms with Crippen molar-refractivity contribution in [3.63, 3.8) is 0 Å². The van der Waals surface area contributed by atoms with Crippen LogP contribution in [0.25, 0.3) is 0 Å². The first kappa shape index (κ1) is 17.5. The van der Waals surface area contributed by atoms with Crippen molar-refractivity contribution in [3.8, 4) is 11.5 Å². The summed E-state index contributed by atoms with van der Waals surface area (Å²) in [6, 6.07) is 18.9. The van der Waals surface area contributed by atoms with Gasteiger partial charge in [-0.3, -0.25) is 0 Å². The first-order valence-corrected chi connectivity index (χ1v) is 8.47. The van der Waals surface area contributed by atoms with E-state index in [1.54, 1.807) is 0 Å². The van der Waals surface area contributed by atoms with Crippen molar-refractivity contribution in [1.29, 1.82) is 0 Å². The molecule has 0 saturated carbocycles. The second-order valence-electron chi connectivity index (χ2n) is 5.47. The predicted octanol–water partition coefficient (Wildman–Crippen LogP) is 3.58. The second kappa shape index (κ2) is 8.69. The molecule has 4 atom stereocenters. The van der Waals surface area contributed by atoms with Gasteiger partial charge in [0.05, 0.1) is 0 Å². The third-order valence-corrected chi connectivity index (χ3v) is 4.17. The van der Waals surface area contributed by atoms with E-state index in [0.717, 1.165) is 12.0 Å². The molecule has 0 radical (unpaired) electrons. The van der Waals surface area contributed by atoms with Gasteiger partial charge in [-0.15, -0.1) is 12.6 Å². The van der Waals surface area contributed by atoms with E-state index in [9.17, 15) is 0 Å². The van der Waals surface area contributed by atoms with Crippen LogP contribution in [0.5, 0.6) is 11.5 Å². The Hall–Kier alpha value is -2.31. The number of hydrogen-bond donors (Lipinski definition) is 2. The third-order valence-electron chi connectivity index (χ3n) is 3.75. The van der Waals surface area contributed by atoms with Gasteiger partial charge >= 0.3 is 0 Å². The summed E-state index contributed by atoms with van der Waals surface area (Å²) in [6.07, 6.45) is 0.714. The van der Waals surface area contributed by atoms with Crippen LogP contribution in [-0.2, 0) is 9.47 Å². The van der Waals surface area contributed by atoms with Crippen molar-refractivity contribution in [2.24, 2.45) is 0 Å². The lowest BCUT2D eigenvalue weighted by atomic mass is 10.1. The van der Waals surface area contributed by atoms with Gasteiger partial charge < -0.3 is 24.1 Å². The number of thiol groups is 1. The van der Waals surface area contributed by atoms with Crippen LogP contribution in [-0.4, -0.2) is 35.5 Å². The summed E-state index contributed by atoms with van der Waals surface area (Å²) < 4.78 is 23.2. The summed E-state index contributed by atoms with van der Waals surface area (Å²) in [7, 11) is 0. The van der Waals surface area contributed by atoms with Gasteiger partial charge in [0.15, 0.2) is 12.2 Å². The van der Waals surface area contributed by atoms with Gasteiger partial charge in [-0.05, 0) is 24.3 Å². The van der Waals surface area contributed by atoms with Gasteiger partial charge in [-0.1, -0.05) is 36.4 Å². The van der Waals surface area contributed by atoms with Crippen molar-refractivity contribution in [2.75, 3.05) is 6.61 Å². The summed E-state index contributed by atoms with van der Waals surface area (Å²) in [5.41, 5.74) is -0.485. The van der Waals surface area contributed by atoms with Crippen LogP contribution < -0.4 is 9.47 Å². The minimum absolute atomic E-state index is 0.277. The Balaban J connectivity index is 1.69. The molecule has 6 heteroatoms. The third kappa shape index (κ3) is 4.61. The van der Waals surface area contributed by atoms with Crippen molar-refractivity contribution >= 4 is 12.6 Å². The van der Waals surface area contributed by atoms with Gasteiger partial charge in [-0.25, -0.2) is 0 Å². The monoisotopic (exact) mass is 360 g/mol. The topological polar surface area (TPSA) is 57.2 Å². The molecule has 1 aliphatic rings. The molecular weight excluding hydrogens is 340 g/mol. The van der Waals surface area contributed by atoms with Crippen LogP contribution in [0.3, 0.4) is 0 Å². The summed E-state index contributed by atoms with van der Waals surface area (Å²) in [6.45, 7) is 0.277. The first-order chi connectivity index (χ1) is 12.3. The number of aliphatic hydroxyl groups is 1. The van der Waals surface area contributed by atoms with Crippen molar-refractivity contribution < 1.29 is 24.1 Å². The fourth-order valence-electron chi connectivity index (χ4n) is 2.61. The summed E-state index contributed by atoms with van der Waals surface area (Å²) in [5.74, 6) is 1.44. The van der Waals surface area contributed by atoms with Gasteiger partial charge in [-0.2, -0.15) is 0 Å². The number of rotatable bonds is 7. The van der Waals surface area contributed by atoms with E-state index in [1.165, 1.54) is 6.26 Å². The molecule has 4 unspecified atom stereocenters. The van der Waals surface area contributed by atoms with E-state index in [-0.39, 0.29) is 6.61 Å². The van der Waals surface area contributed by atoms with Crippen LogP contribution in [0.4, 0.5) is 0 Å². The molecule has 0 amide bonds. The van der Waals surface area contributed by atoms with Crippen molar-refractivity contribution in [3.05, 3.63) is 73.2 Å². The maximum Gasteiger partial charge on any atom is 0.173 e. The van der Waals surface area contributed by atoms with E-state index in [2.05, 4.69) is 12.6 Å². The average molecular weight is 360 g/mol. The molecule has 1 fully saturated rings. The number of ether oxygens (including phenoxy) is 4. The fraction of sp³-hybridized carbons (Fsp3) is 0.263. The number of hydrogen-bond acceptors (Lipinski definition) is 6. The van der Waals surface area contributed by atoms with Gasteiger partial charge in [0.1, 0.15) is 42.2 Å². The second-order valence-corrected chi connectivity index (χ2v) is 5.98. The highest BCUT2D eigenvalue weighted by molar-refractivity contribution is 7.80. The van der Waals surface area contributed by atoms with E-state index in [0.29, 0.717) is 5.75 Å². The average Bonchev–Trinajstić information content (AvgIpc) is 2.95. The minimum Gasteiger partial charge on any atom is -0.512 e.